The molecule has 0 unspecified atom stereocenters. The third kappa shape index (κ3) is 3.08. The minimum Gasteiger partial charge on any atom is -0.444 e. The maximum Gasteiger partial charge on any atom is 0.270 e. The van der Waals surface area contributed by atoms with Crippen molar-refractivity contribution in [1.29, 1.82) is 0 Å². The third-order valence-corrected chi connectivity index (χ3v) is 4.60. The van der Waals surface area contributed by atoms with Gasteiger partial charge in [-0.2, -0.15) is 5.10 Å². The van der Waals surface area contributed by atoms with Gasteiger partial charge in [-0.05, 0) is 37.3 Å². The lowest BCUT2D eigenvalue weighted by Crippen LogP contribution is -2.10. The molecule has 0 fully saturated rings. The summed E-state index contributed by atoms with van der Waals surface area (Å²) in [6, 6.07) is 11.4. The van der Waals surface area contributed by atoms with Gasteiger partial charge in [-0.25, -0.2) is 9.97 Å². The van der Waals surface area contributed by atoms with Crippen LogP contribution in [0.2, 0.25) is 0 Å². The zero-order chi connectivity index (χ0) is 20.7. The normalized spacial score (nSPS) is 11.1. The second-order valence-corrected chi connectivity index (χ2v) is 6.68. The van der Waals surface area contributed by atoms with Crippen LogP contribution < -0.4 is 5.73 Å². The van der Waals surface area contributed by atoms with Crippen molar-refractivity contribution in [2.75, 3.05) is 0 Å². The molecule has 0 aliphatic rings. The predicted octanol–water partition coefficient (Wildman–Crippen LogP) is 3.14. The summed E-state index contributed by atoms with van der Waals surface area (Å²) in [7, 11) is 0. The summed E-state index contributed by atoms with van der Waals surface area (Å²) in [5.74, 6) is -0.408. The van der Waals surface area contributed by atoms with Crippen molar-refractivity contribution in [1.82, 2.24) is 30.1 Å². The number of aromatic amines is 1. The van der Waals surface area contributed by atoms with Gasteiger partial charge in [0.15, 0.2) is 5.69 Å². The summed E-state index contributed by atoms with van der Waals surface area (Å²) in [6.07, 6.45) is 4.55. The quantitative estimate of drug-likeness (QED) is 0.475. The first-order chi connectivity index (χ1) is 14.6. The van der Waals surface area contributed by atoms with Crippen LogP contribution in [0.25, 0.3) is 45.1 Å². The Kier molecular flexibility index (Phi) is 4.06. The van der Waals surface area contributed by atoms with E-state index in [4.69, 9.17) is 15.1 Å². The highest BCUT2D eigenvalue weighted by Gasteiger charge is 2.15. The Hall–Kier alpha value is -4.40. The van der Waals surface area contributed by atoms with E-state index in [0.717, 1.165) is 28.3 Å². The van der Waals surface area contributed by atoms with E-state index in [-0.39, 0.29) is 11.6 Å². The first-order valence-electron chi connectivity index (χ1n) is 9.09. The van der Waals surface area contributed by atoms with Crippen molar-refractivity contribution in [3.63, 3.8) is 0 Å². The van der Waals surface area contributed by atoms with Crippen molar-refractivity contribution in [2.45, 2.75) is 6.92 Å². The Balaban J connectivity index is 1.58. The van der Waals surface area contributed by atoms with Gasteiger partial charge in [-0.15, -0.1) is 0 Å². The fourth-order valence-electron chi connectivity index (χ4n) is 3.15. The van der Waals surface area contributed by atoms with Crippen LogP contribution in [0, 0.1) is 6.92 Å². The molecule has 9 heteroatoms. The third-order valence-electron chi connectivity index (χ3n) is 4.60. The molecule has 5 aromatic rings. The number of hydrogen-bond donors (Lipinski definition) is 2. The Morgan fingerprint density at radius 1 is 1.03 bits per heavy atom. The molecule has 0 atom stereocenters. The zero-order valence-electron chi connectivity index (χ0n) is 15.8. The largest absolute Gasteiger partial charge is 0.444 e. The highest BCUT2D eigenvalue weighted by Crippen LogP contribution is 2.30. The van der Waals surface area contributed by atoms with Gasteiger partial charge in [0.1, 0.15) is 6.26 Å². The van der Waals surface area contributed by atoms with E-state index in [0.29, 0.717) is 16.6 Å². The Morgan fingerprint density at radius 2 is 1.93 bits per heavy atom. The molecule has 0 spiro atoms. The minimum atomic E-state index is -0.656. The molecule has 1 amide bonds. The Morgan fingerprint density at radius 3 is 2.73 bits per heavy atom. The van der Waals surface area contributed by atoms with Crippen LogP contribution in [-0.2, 0) is 0 Å². The first kappa shape index (κ1) is 17.7. The number of H-pyrrole nitrogens is 1. The first-order valence-corrected chi connectivity index (χ1v) is 9.09. The summed E-state index contributed by atoms with van der Waals surface area (Å²) >= 11 is 0. The number of primary amides is 1. The monoisotopic (exact) mass is 397 g/mol. The van der Waals surface area contributed by atoms with Gasteiger partial charge >= 0.3 is 0 Å². The SMILES string of the molecule is Cc1cccc(-c2[nH]ncc2-c2ccc3ncc(-c4nc(C(N)=O)co4)cc3n2)n1. The fraction of sp³-hybridized carbons (Fsp3) is 0.0476. The molecule has 9 nitrogen and oxygen atoms in total. The second-order valence-electron chi connectivity index (χ2n) is 6.68. The molecular weight excluding hydrogens is 382 g/mol. The molecule has 0 radical (unpaired) electrons. The molecule has 3 N–H and O–H groups in total. The standard InChI is InChI=1S/C21H15N7O2/c1-11-3-2-4-16(25-11)19-13(9-24-28-19)14-5-6-15-17(26-14)7-12(8-23-15)21-27-18(10-30-21)20(22)29/h2-10H,1H3,(H2,22,29)(H,24,28). The number of hydrogen-bond acceptors (Lipinski definition) is 7. The minimum absolute atomic E-state index is 0.0560. The van der Waals surface area contributed by atoms with Crippen LogP contribution in [0.3, 0.4) is 0 Å². The molecule has 0 saturated carbocycles. The maximum atomic E-state index is 11.3. The molecule has 0 aliphatic heterocycles. The lowest BCUT2D eigenvalue weighted by molar-refractivity contribution is 0.0995. The zero-order valence-corrected chi connectivity index (χ0v) is 15.8. The summed E-state index contributed by atoms with van der Waals surface area (Å²) in [4.78, 5) is 29.1. The fourth-order valence-corrected chi connectivity index (χ4v) is 3.15. The van der Waals surface area contributed by atoms with E-state index in [1.54, 1.807) is 18.5 Å². The van der Waals surface area contributed by atoms with Crippen LogP contribution in [0.5, 0.6) is 0 Å². The number of aryl methyl sites for hydroxylation is 1. The number of nitrogens with one attached hydrogen (secondary N) is 1. The summed E-state index contributed by atoms with van der Waals surface area (Å²) in [5.41, 5.74) is 11.3. The molecule has 30 heavy (non-hydrogen) atoms. The number of carbonyl (C=O) groups is 1. The van der Waals surface area contributed by atoms with Gasteiger partial charge in [0.05, 0.1) is 39.9 Å². The van der Waals surface area contributed by atoms with E-state index in [1.165, 1.54) is 6.26 Å². The lowest BCUT2D eigenvalue weighted by Gasteiger charge is -2.05. The van der Waals surface area contributed by atoms with Gasteiger partial charge in [0.25, 0.3) is 5.91 Å². The molecule has 0 saturated heterocycles. The van der Waals surface area contributed by atoms with Crippen LogP contribution in [0.4, 0.5) is 0 Å². The van der Waals surface area contributed by atoms with Gasteiger partial charge in [-0.3, -0.25) is 19.9 Å². The number of rotatable bonds is 4. The number of carbonyl (C=O) groups excluding carboxylic acids is 1. The number of amides is 1. The van der Waals surface area contributed by atoms with E-state index < -0.39 is 5.91 Å². The van der Waals surface area contributed by atoms with Crippen LogP contribution >= 0.6 is 0 Å². The topological polar surface area (TPSA) is 136 Å². The number of aromatic nitrogens is 6. The van der Waals surface area contributed by atoms with Gasteiger partial charge < -0.3 is 10.2 Å². The van der Waals surface area contributed by atoms with Crippen molar-refractivity contribution in [3.05, 3.63) is 66.4 Å². The molecule has 0 aromatic carbocycles. The van der Waals surface area contributed by atoms with Gasteiger partial charge in [0.2, 0.25) is 5.89 Å². The number of pyridine rings is 3. The van der Waals surface area contributed by atoms with E-state index in [9.17, 15) is 4.79 Å². The summed E-state index contributed by atoms with van der Waals surface area (Å²) < 4.78 is 5.35. The summed E-state index contributed by atoms with van der Waals surface area (Å²) in [6.45, 7) is 1.94. The smallest absolute Gasteiger partial charge is 0.270 e. The molecular formula is C21H15N7O2. The average molecular weight is 397 g/mol. The average Bonchev–Trinajstić information content (AvgIpc) is 3.43. The molecule has 5 aromatic heterocycles. The number of fused-ring (bicyclic) bond motifs is 1. The molecule has 5 heterocycles. The maximum absolute atomic E-state index is 11.3. The van der Waals surface area contributed by atoms with Crippen molar-refractivity contribution in [2.24, 2.45) is 5.73 Å². The van der Waals surface area contributed by atoms with Crippen LogP contribution in [0.1, 0.15) is 16.2 Å². The molecule has 0 bridgehead atoms. The molecule has 146 valence electrons. The van der Waals surface area contributed by atoms with Crippen LogP contribution in [0.15, 0.2) is 59.5 Å². The Labute approximate surface area is 170 Å². The van der Waals surface area contributed by atoms with E-state index in [1.807, 2.05) is 37.3 Å². The van der Waals surface area contributed by atoms with Gasteiger partial charge in [0, 0.05) is 17.5 Å². The predicted molar refractivity (Wildman–Crippen MR) is 109 cm³/mol. The highest BCUT2D eigenvalue weighted by molar-refractivity contribution is 5.91. The highest BCUT2D eigenvalue weighted by atomic mass is 16.3. The Bertz CT molecular complexity index is 1400. The van der Waals surface area contributed by atoms with E-state index in [2.05, 4.69) is 25.1 Å². The van der Waals surface area contributed by atoms with E-state index >= 15 is 0 Å². The number of oxazole rings is 1. The molecule has 0 aliphatic carbocycles. The molecule has 5 rings (SSSR count). The van der Waals surface area contributed by atoms with Crippen LogP contribution in [-0.4, -0.2) is 36.0 Å². The second kappa shape index (κ2) is 6.89. The summed E-state index contributed by atoms with van der Waals surface area (Å²) in [5, 5.41) is 7.19. The van der Waals surface area contributed by atoms with Crippen molar-refractivity contribution >= 4 is 16.9 Å². The number of nitrogens with zero attached hydrogens (tertiary/aromatic N) is 5. The van der Waals surface area contributed by atoms with Crippen molar-refractivity contribution < 1.29 is 9.21 Å². The lowest BCUT2D eigenvalue weighted by atomic mass is 10.1. The number of nitrogens with two attached hydrogens (primary N) is 1. The van der Waals surface area contributed by atoms with Crippen molar-refractivity contribution in [3.8, 4) is 34.1 Å². The van der Waals surface area contributed by atoms with Gasteiger partial charge in [-0.1, -0.05) is 6.07 Å².